The largest absolute Gasteiger partial charge is 0.392 e. The van der Waals surface area contributed by atoms with Crippen LogP contribution < -0.4 is 5.32 Å². The van der Waals surface area contributed by atoms with E-state index in [1.165, 1.54) is 6.42 Å². The number of hydrogen-bond acceptors (Lipinski definition) is 6. The summed E-state index contributed by atoms with van der Waals surface area (Å²) in [5.41, 5.74) is 6.79. The number of methoxy groups -OCH3 is 1. The van der Waals surface area contributed by atoms with Gasteiger partial charge in [-0.15, -0.1) is 0 Å². The third kappa shape index (κ3) is 7.57. The normalized spacial score (nSPS) is 23.3. The first kappa shape index (κ1) is 32.1. The molecule has 0 saturated carbocycles. The van der Waals surface area contributed by atoms with Gasteiger partial charge in [0.2, 0.25) is 0 Å². The lowest BCUT2D eigenvalue weighted by Crippen LogP contribution is -2.46. The van der Waals surface area contributed by atoms with E-state index < -0.39 is 6.29 Å². The van der Waals surface area contributed by atoms with E-state index in [0.29, 0.717) is 18.2 Å². The number of benzene rings is 4. The van der Waals surface area contributed by atoms with Crippen LogP contribution in [0.3, 0.4) is 0 Å². The number of amides is 1. The highest BCUT2D eigenvalue weighted by Gasteiger charge is 2.40. The van der Waals surface area contributed by atoms with E-state index in [0.717, 1.165) is 59.5 Å². The van der Waals surface area contributed by atoms with Crippen LogP contribution in [-0.4, -0.2) is 54.9 Å². The summed E-state index contributed by atoms with van der Waals surface area (Å²) < 4.78 is 19.0. The highest BCUT2D eigenvalue weighted by atomic mass is 16.7. The molecule has 240 valence electrons. The molecule has 6 rings (SSSR count). The molecule has 5 atom stereocenters. The van der Waals surface area contributed by atoms with Crippen LogP contribution in [0, 0.1) is 5.92 Å². The smallest absolute Gasteiger partial charge is 0.251 e. The number of nitrogens with one attached hydrogen (secondary N) is 1. The fourth-order valence-corrected chi connectivity index (χ4v) is 6.64. The summed E-state index contributed by atoms with van der Waals surface area (Å²) in [6, 6.07) is 34.4. The minimum absolute atomic E-state index is 0.0170. The predicted octanol–water partition coefficient (Wildman–Crippen LogP) is 6.68. The average Bonchev–Trinajstić information content (AvgIpc) is 3.55. The van der Waals surface area contributed by atoms with Gasteiger partial charge >= 0.3 is 0 Å². The molecular formula is C39H44N2O5. The summed E-state index contributed by atoms with van der Waals surface area (Å²) in [6.07, 6.45) is 1.62. The molecule has 0 unspecified atom stereocenters. The zero-order valence-corrected chi connectivity index (χ0v) is 26.7. The molecule has 0 spiro atoms. The molecule has 0 radical (unpaired) electrons. The van der Waals surface area contributed by atoms with Crippen molar-refractivity contribution in [1.29, 1.82) is 0 Å². The number of aliphatic hydroxyl groups excluding tert-OH is 1. The standard InChI is InChI=1S/C39H44N2O5/c1-27-36(24-41-21-7-12-35(41)26-44-2)45-39(46-37(27)31-15-13-28(25-42)14-16-31)33-19-17-30(18-20-33)34-11-6-8-29(22-34)23-40-38(43)32-9-4-3-5-10-32/h3-6,8-11,13-20,22,27,35-37,39,42H,7,12,21,23-26H2,1-2H3,(H,40,43)/t27-,35+,36+,37+,39+/m1/s1. The minimum Gasteiger partial charge on any atom is -0.392 e. The Morgan fingerprint density at radius 3 is 2.39 bits per heavy atom. The molecule has 1 amide bonds. The van der Waals surface area contributed by atoms with Crippen molar-refractivity contribution in [3.05, 3.63) is 131 Å². The molecule has 7 heteroatoms. The Bertz CT molecular complexity index is 1560. The average molecular weight is 621 g/mol. The van der Waals surface area contributed by atoms with Gasteiger partial charge in [-0.05, 0) is 65.4 Å². The Hall–Kier alpha value is -3.85. The summed E-state index contributed by atoms with van der Waals surface area (Å²) in [4.78, 5) is 15.0. The summed E-state index contributed by atoms with van der Waals surface area (Å²) in [5.74, 6) is 0.0430. The highest BCUT2D eigenvalue weighted by Crippen LogP contribution is 2.42. The fraction of sp³-hybridized carbons (Fsp3) is 0.359. The second-order valence-corrected chi connectivity index (χ2v) is 12.4. The number of hydrogen-bond donors (Lipinski definition) is 2. The van der Waals surface area contributed by atoms with Crippen LogP contribution in [0.5, 0.6) is 0 Å². The molecule has 2 aliphatic rings. The lowest BCUT2D eigenvalue weighted by Gasteiger charge is -2.43. The Balaban J connectivity index is 1.18. The van der Waals surface area contributed by atoms with Crippen molar-refractivity contribution < 1.29 is 24.1 Å². The van der Waals surface area contributed by atoms with Crippen molar-refractivity contribution in [2.75, 3.05) is 26.8 Å². The van der Waals surface area contributed by atoms with Crippen molar-refractivity contribution in [2.24, 2.45) is 5.92 Å². The van der Waals surface area contributed by atoms with E-state index in [4.69, 9.17) is 14.2 Å². The maximum Gasteiger partial charge on any atom is 0.251 e. The van der Waals surface area contributed by atoms with Crippen LogP contribution in [-0.2, 0) is 27.4 Å². The third-order valence-electron chi connectivity index (χ3n) is 9.33. The number of carbonyl (C=O) groups excluding carboxylic acids is 1. The molecule has 0 aliphatic carbocycles. The number of likely N-dealkylation sites (tertiary alicyclic amines) is 1. The van der Waals surface area contributed by atoms with Crippen molar-refractivity contribution in [2.45, 2.75) is 57.5 Å². The zero-order chi connectivity index (χ0) is 31.9. The van der Waals surface area contributed by atoms with Crippen molar-refractivity contribution in [1.82, 2.24) is 10.2 Å². The number of ether oxygens (including phenoxy) is 3. The molecule has 2 aliphatic heterocycles. The van der Waals surface area contributed by atoms with Gasteiger partial charge in [-0.2, -0.15) is 0 Å². The third-order valence-corrected chi connectivity index (χ3v) is 9.33. The second kappa shape index (κ2) is 15.2. The quantitative estimate of drug-likeness (QED) is 0.195. The van der Waals surface area contributed by atoms with E-state index in [1.54, 1.807) is 7.11 Å². The first-order chi connectivity index (χ1) is 22.5. The molecule has 2 fully saturated rings. The first-order valence-corrected chi connectivity index (χ1v) is 16.3. The number of carbonyl (C=O) groups is 1. The van der Waals surface area contributed by atoms with Crippen LogP contribution in [0.1, 0.15) is 64.8 Å². The number of rotatable bonds is 11. The second-order valence-electron chi connectivity index (χ2n) is 12.4. The SMILES string of the molecule is COC[C@@H]1CCCN1C[C@@H]1O[C@H](c2ccc(-c3cccc(CNC(=O)c4ccccc4)c3)cc2)O[C@H](c2ccc(CO)cc2)[C@@H]1C. The summed E-state index contributed by atoms with van der Waals surface area (Å²) >= 11 is 0. The van der Waals surface area contributed by atoms with Crippen LogP contribution in [0.4, 0.5) is 0 Å². The molecule has 46 heavy (non-hydrogen) atoms. The molecule has 2 heterocycles. The number of nitrogens with zero attached hydrogens (tertiary/aromatic N) is 1. The van der Waals surface area contributed by atoms with Crippen LogP contribution in [0.15, 0.2) is 103 Å². The van der Waals surface area contributed by atoms with Gasteiger partial charge in [-0.3, -0.25) is 9.69 Å². The monoisotopic (exact) mass is 620 g/mol. The summed E-state index contributed by atoms with van der Waals surface area (Å²) in [5, 5.41) is 12.6. The molecular weight excluding hydrogens is 576 g/mol. The first-order valence-electron chi connectivity index (χ1n) is 16.3. The van der Waals surface area contributed by atoms with Gasteiger partial charge < -0.3 is 24.6 Å². The van der Waals surface area contributed by atoms with Crippen molar-refractivity contribution >= 4 is 5.91 Å². The zero-order valence-electron chi connectivity index (χ0n) is 26.7. The van der Waals surface area contributed by atoms with E-state index in [1.807, 2.05) is 54.6 Å². The van der Waals surface area contributed by atoms with E-state index in [-0.39, 0.29) is 30.6 Å². The van der Waals surface area contributed by atoms with Gasteiger partial charge in [0.25, 0.3) is 5.91 Å². The molecule has 7 nitrogen and oxygen atoms in total. The van der Waals surface area contributed by atoms with E-state index in [2.05, 4.69) is 65.7 Å². The lowest BCUT2D eigenvalue weighted by molar-refractivity contribution is -0.276. The highest BCUT2D eigenvalue weighted by molar-refractivity contribution is 5.94. The van der Waals surface area contributed by atoms with E-state index in [9.17, 15) is 9.90 Å². The summed E-state index contributed by atoms with van der Waals surface area (Å²) in [6.45, 7) is 5.28. The summed E-state index contributed by atoms with van der Waals surface area (Å²) in [7, 11) is 1.77. The van der Waals surface area contributed by atoms with Crippen LogP contribution >= 0.6 is 0 Å². The lowest BCUT2D eigenvalue weighted by atomic mass is 9.89. The van der Waals surface area contributed by atoms with Gasteiger partial charge in [-0.25, -0.2) is 0 Å². The molecule has 2 saturated heterocycles. The Morgan fingerprint density at radius 1 is 0.891 bits per heavy atom. The molecule has 4 aromatic carbocycles. The van der Waals surface area contributed by atoms with Gasteiger partial charge in [0.05, 0.1) is 25.4 Å². The Labute approximate surface area is 272 Å². The topological polar surface area (TPSA) is 80.3 Å². The van der Waals surface area contributed by atoms with Crippen molar-refractivity contribution in [3.8, 4) is 11.1 Å². The maximum absolute atomic E-state index is 12.5. The van der Waals surface area contributed by atoms with Crippen LogP contribution in [0.25, 0.3) is 11.1 Å². The van der Waals surface area contributed by atoms with Gasteiger partial charge in [0.1, 0.15) is 0 Å². The van der Waals surface area contributed by atoms with Gasteiger partial charge in [0.15, 0.2) is 6.29 Å². The molecule has 4 aromatic rings. The fourth-order valence-electron chi connectivity index (χ4n) is 6.64. The van der Waals surface area contributed by atoms with Crippen molar-refractivity contribution in [3.63, 3.8) is 0 Å². The van der Waals surface area contributed by atoms with Gasteiger partial charge in [0, 0.05) is 43.3 Å². The Morgan fingerprint density at radius 2 is 1.65 bits per heavy atom. The van der Waals surface area contributed by atoms with Crippen LogP contribution in [0.2, 0.25) is 0 Å². The van der Waals surface area contributed by atoms with E-state index >= 15 is 0 Å². The minimum atomic E-state index is -0.513. The Kier molecular flexibility index (Phi) is 10.6. The predicted molar refractivity (Wildman–Crippen MR) is 179 cm³/mol. The van der Waals surface area contributed by atoms with Gasteiger partial charge in [-0.1, -0.05) is 91.9 Å². The number of aliphatic hydroxyl groups is 1. The molecule has 0 aromatic heterocycles. The molecule has 2 N–H and O–H groups in total. The maximum atomic E-state index is 12.5. The molecule has 0 bridgehead atoms.